The highest BCUT2D eigenvalue weighted by atomic mass is 16.5. The first-order valence-electron chi connectivity index (χ1n) is 9.27. The highest BCUT2D eigenvalue weighted by molar-refractivity contribution is 5.93. The molecular weight excluding hydrogens is 302 g/mol. The summed E-state index contributed by atoms with van der Waals surface area (Å²) < 4.78 is 5.26. The van der Waals surface area contributed by atoms with Crippen LogP contribution in [0.15, 0.2) is 0 Å². The van der Waals surface area contributed by atoms with Gasteiger partial charge in [0.1, 0.15) is 0 Å². The van der Waals surface area contributed by atoms with Gasteiger partial charge in [-0.1, -0.05) is 26.7 Å². The summed E-state index contributed by atoms with van der Waals surface area (Å²) in [7, 11) is 0. The summed E-state index contributed by atoms with van der Waals surface area (Å²) in [6.45, 7) is 8.21. The van der Waals surface area contributed by atoms with Gasteiger partial charge >= 0.3 is 5.97 Å². The Labute approximate surface area is 144 Å². The Bertz CT molecular complexity index is 645. The topological polar surface area (TPSA) is 59.4 Å². The van der Waals surface area contributed by atoms with Gasteiger partial charge in [0.05, 0.1) is 24.0 Å². The molecule has 1 saturated carbocycles. The maximum Gasteiger partial charge on any atom is 0.340 e. The average molecular weight is 331 g/mol. The summed E-state index contributed by atoms with van der Waals surface area (Å²) in [5, 5.41) is 10.8. The highest BCUT2D eigenvalue weighted by Gasteiger charge is 2.43. The first-order valence-corrected chi connectivity index (χ1v) is 9.27. The predicted octanol–water partition coefficient (Wildman–Crippen LogP) is 4.23. The van der Waals surface area contributed by atoms with Crippen molar-refractivity contribution in [3.05, 3.63) is 28.1 Å². The van der Waals surface area contributed by atoms with Crippen LogP contribution in [0.2, 0.25) is 0 Å². The summed E-state index contributed by atoms with van der Waals surface area (Å²) in [5.41, 5.74) is 4.33. The molecule has 0 aliphatic heterocycles. The third-order valence-electron chi connectivity index (χ3n) is 5.79. The number of carbonyl (C=O) groups excluding carboxylic acids is 1. The maximum absolute atomic E-state index is 12.5. The number of nitrogens with zero attached hydrogens (tertiary/aromatic N) is 1. The molecule has 0 amide bonds. The van der Waals surface area contributed by atoms with Crippen LogP contribution in [0.25, 0.3) is 0 Å². The van der Waals surface area contributed by atoms with Gasteiger partial charge in [-0.3, -0.25) is 4.98 Å². The Morgan fingerprint density at radius 1 is 1.38 bits per heavy atom. The molecule has 24 heavy (non-hydrogen) atoms. The normalized spacial score (nSPS) is 22.0. The first kappa shape index (κ1) is 17.4. The van der Waals surface area contributed by atoms with Crippen LogP contribution in [0.5, 0.6) is 0 Å². The first-order chi connectivity index (χ1) is 11.4. The molecule has 4 nitrogen and oxygen atoms in total. The number of aliphatic hydroxyl groups is 1. The van der Waals surface area contributed by atoms with E-state index < -0.39 is 6.10 Å². The minimum atomic E-state index is -0.520. The van der Waals surface area contributed by atoms with Crippen molar-refractivity contribution in [2.24, 2.45) is 5.41 Å². The van der Waals surface area contributed by atoms with Gasteiger partial charge in [-0.15, -0.1) is 0 Å². The van der Waals surface area contributed by atoms with Crippen molar-refractivity contribution < 1.29 is 14.6 Å². The standard InChI is InChI=1S/C20H29NO3/c1-5-24-19(23)17-13(4)16-14(21-18(17)12(2)3)10-20(11-15(16)22)8-6-7-9-20/h12,15,22H,5-11H2,1-4H3/t15-/m0/s1. The Morgan fingerprint density at radius 2 is 2.04 bits per heavy atom. The molecular formula is C20H29NO3. The van der Waals surface area contributed by atoms with Crippen LogP contribution in [-0.4, -0.2) is 22.7 Å². The van der Waals surface area contributed by atoms with Crippen LogP contribution in [-0.2, 0) is 11.2 Å². The minimum Gasteiger partial charge on any atom is -0.462 e. The van der Waals surface area contributed by atoms with Crippen LogP contribution >= 0.6 is 0 Å². The Kier molecular flexibility index (Phi) is 4.69. The van der Waals surface area contributed by atoms with Crippen LogP contribution in [0, 0.1) is 12.3 Å². The minimum absolute atomic E-state index is 0.145. The third-order valence-corrected chi connectivity index (χ3v) is 5.79. The molecule has 132 valence electrons. The van der Waals surface area contributed by atoms with E-state index in [2.05, 4.69) is 13.8 Å². The molecule has 0 radical (unpaired) electrons. The van der Waals surface area contributed by atoms with Crippen LogP contribution < -0.4 is 0 Å². The zero-order valence-corrected chi connectivity index (χ0v) is 15.3. The molecule has 4 heteroatoms. The number of ether oxygens (including phenoxy) is 1. The number of fused-ring (bicyclic) bond motifs is 1. The van der Waals surface area contributed by atoms with E-state index in [4.69, 9.17) is 9.72 Å². The SMILES string of the molecule is CCOC(=O)c1c(C(C)C)nc2c(c1C)[C@@H](O)CC1(CCCC1)C2. The zero-order valence-electron chi connectivity index (χ0n) is 15.3. The van der Waals surface area contributed by atoms with Gasteiger partial charge in [-0.05, 0) is 56.4 Å². The lowest BCUT2D eigenvalue weighted by atomic mass is 9.69. The molecule has 0 unspecified atom stereocenters. The van der Waals surface area contributed by atoms with Gasteiger partial charge in [-0.2, -0.15) is 0 Å². The molecule has 0 saturated heterocycles. The average Bonchev–Trinajstić information content (AvgIpc) is 2.93. The summed E-state index contributed by atoms with van der Waals surface area (Å²) in [4.78, 5) is 17.4. The second kappa shape index (κ2) is 6.47. The largest absolute Gasteiger partial charge is 0.462 e. The lowest BCUT2D eigenvalue weighted by molar-refractivity contribution is 0.0520. The number of hydrogen-bond acceptors (Lipinski definition) is 4. The summed E-state index contributed by atoms with van der Waals surface area (Å²) in [6, 6.07) is 0. The molecule has 1 atom stereocenters. The van der Waals surface area contributed by atoms with E-state index >= 15 is 0 Å². The molecule has 0 bridgehead atoms. The number of rotatable bonds is 3. The van der Waals surface area contributed by atoms with E-state index in [-0.39, 0.29) is 17.3 Å². The predicted molar refractivity (Wildman–Crippen MR) is 93.2 cm³/mol. The second-order valence-corrected chi connectivity index (χ2v) is 7.84. The number of pyridine rings is 1. The lowest BCUT2D eigenvalue weighted by Gasteiger charge is -2.38. The number of aliphatic hydroxyl groups excluding tert-OH is 1. The number of hydrogen-bond donors (Lipinski definition) is 1. The van der Waals surface area contributed by atoms with E-state index in [1.807, 2.05) is 13.8 Å². The molecule has 1 spiro atoms. The fourth-order valence-corrected chi connectivity index (χ4v) is 4.71. The van der Waals surface area contributed by atoms with Gasteiger partial charge in [-0.25, -0.2) is 4.79 Å². The molecule has 1 N–H and O–H groups in total. The summed E-state index contributed by atoms with van der Waals surface area (Å²) >= 11 is 0. The highest BCUT2D eigenvalue weighted by Crippen LogP contribution is 2.51. The maximum atomic E-state index is 12.5. The van der Waals surface area contributed by atoms with E-state index in [0.29, 0.717) is 12.2 Å². The smallest absolute Gasteiger partial charge is 0.340 e. The second-order valence-electron chi connectivity index (χ2n) is 7.84. The molecule has 1 aromatic rings. The van der Waals surface area contributed by atoms with Gasteiger partial charge in [0.2, 0.25) is 0 Å². The van der Waals surface area contributed by atoms with Crippen LogP contribution in [0.4, 0.5) is 0 Å². The molecule has 1 aromatic heterocycles. The van der Waals surface area contributed by atoms with Crippen molar-refractivity contribution in [2.45, 2.75) is 78.2 Å². The Hall–Kier alpha value is -1.42. The number of carbonyl (C=O) groups is 1. The van der Waals surface area contributed by atoms with Crippen molar-refractivity contribution in [1.82, 2.24) is 4.98 Å². The Balaban J connectivity index is 2.12. The van der Waals surface area contributed by atoms with Crippen molar-refractivity contribution in [3.63, 3.8) is 0 Å². The molecule has 1 heterocycles. The summed E-state index contributed by atoms with van der Waals surface area (Å²) in [6.07, 6.45) is 6.07. The fourth-order valence-electron chi connectivity index (χ4n) is 4.71. The van der Waals surface area contributed by atoms with Gasteiger partial charge in [0, 0.05) is 11.3 Å². The van der Waals surface area contributed by atoms with Crippen molar-refractivity contribution in [2.75, 3.05) is 6.61 Å². The Morgan fingerprint density at radius 3 is 2.62 bits per heavy atom. The van der Waals surface area contributed by atoms with E-state index in [9.17, 15) is 9.90 Å². The molecule has 1 fully saturated rings. The van der Waals surface area contributed by atoms with E-state index in [1.54, 1.807) is 0 Å². The van der Waals surface area contributed by atoms with Crippen molar-refractivity contribution in [3.8, 4) is 0 Å². The van der Waals surface area contributed by atoms with E-state index in [0.717, 1.165) is 35.4 Å². The molecule has 2 aliphatic carbocycles. The number of esters is 1. The van der Waals surface area contributed by atoms with E-state index in [1.165, 1.54) is 25.7 Å². The fraction of sp³-hybridized carbons (Fsp3) is 0.700. The van der Waals surface area contributed by atoms with Crippen LogP contribution in [0.3, 0.4) is 0 Å². The quantitative estimate of drug-likeness (QED) is 0.842. The zero-order chi connectivity index (χ0) is 17.5. The van der Waals surface area contributed by atoms with Gasteiger partial charge in [0.15, 0.2) is 0 Å². The van der Waals surface area contributed by atoms with Crippen molar-refractivity contribution >= 4 is 5.97 Å². The van der Waals surface area contributed by atoms with Gasteiger partial charge < -0.3 is 9.84 Å². The molecule has 0 aromatic carbocycles. The third kappa shape index (κ3) is 2.85. The lowest BCUT2D eigenvalue weighted by Crippen LogP contribution is -2.31. The van der Waals surface area contributed by atoms with Crippen molar-refractivity contribution in [1.29, 1.82) is 0 Å². The number of aromatic nitrogens is 1. The summed E-state index contributed by atoms with van der Waals surface area (Å²) in [5.74, 6) is -0.172. The van der Waals surface area contributed by atoms with Gasteiger partial charge in [0.25, 0.3) is 0 Å². The molecule has 3 rings (SSSR count). The van der Waals surface area contributed by atoms with Crippen LogP contribution in [0.1, 0.15) is 97.8 Å². The molecule has 2 aliphatic rings. The monoisotopic (exact) mass is 331 g/mol.